The largest absolute Gasteiger partial charge is 0.381 e. The second-order valence-corrected chi connectivity index (χ2v) is 11.7. The normalized spacial score (nSPS) is 27.5. The number of methoxy groups -OCH3 is 1. The lowest BCUT2D eigenvalue weighted by molar-refractivity contribution is -0.123. The molecular weight excluding hydrogens is 495 g/mol. The number of benzene rings is 1. The fourth-order valence-corrected chi connectivity index (χ4v) is 6.58. The number of hydrogen-bond donors (Lipinski definition) is 1. The maximum atomic E-state index is 13.7. The van der Waals surface area contributed by atoms with Crippen LogP contribution in [0.4, 0.5) is 10.2 Å². The topological polar surface area (TPSA) is 70.8 Å². The van der Waals surface area contributed by atoms with Gasteiger partial charge in [-0.3, -0.25) is 9.69 Å². The zero-order valence-electron chi connectivity index (χ0n) is 21.9. The quantitative estimate of drug-likeness (QED) is 0.489. The summed E-state index contributed by atoms with van der Waals surface area (Å²) in [4.78, 5) is 17.3. The highest BCUT2D eigenvalue weighted by atomic mass is 35.5. The number of piperazine rings is 1. The molecule has 0 bridgehead atoms. The number of hydrogen-bond acceptors (Lipinski definition) is 6. The second-order valence-electron chi connectivity index (χ2n) is 11.3. The predicted octanol–water partition coefficient (Wildman–Crippen LogP) is 5.40. The van der Waals surface area contributed by atoms with E-state index >= 15 is 0 Å². The summed E-state index contributed by atoms with van der Waals surface area (Å²) in [5, 5.41) is 8.37. The van der Waals surface area contributed by atoms with E-state index in [0.29, 0.717) is 30.1 Å². The van der Waals surface area contributed by atoms with Crippen LogP contribution in [-0.2, 0) is 9.53 Å². The van der Waals surface area contributed by atoms with Crippen LogP contribution in [0.25, 0.3) is 11.0 Å². The minimum atomic E-state index is -0.487. The highest BCUT2D eigenvalue weighted by Gasteiger charge is 2.27. The summed E-state index contributed by atoms with van der Waals surface area (Å²) in [6.07, 6.45) is 11.3. The van der Waals surface area contributed by atoms with Crippen LogP contribution in [0.15, 0.2) is 16.7 Å². The first-order valence-electron chi connectivity index (χ1n) is 14.0. The number of anilines is 1. The van der Waals surface area contributed by atoms with E-state index in [9.17, 15) is 9.18 Å². The van der Waals surface area contributed by atoms with E-state index < -0.39 is 5.82 Å². The first-order chi connectivity index (χ1) is 18.0. The molecule has 0 radical (unpaired) electrons. The van der Waals surface area contributed by atoms with E-state index in [1.54, 1.807) is 13.2 Å². The van der Waals surface area contributed by atoms with Gasteiger partial charge in [0, 0.05) is 51.8 Å². The summed E-state index contributed by atoms with van der Waals surface area (Å²) in [6.45, 7) is 4.78. The van der Waals surface area contributed by atoms with Crippen LogP contribution in [0.2, 0.25) is 5.02 Å². The third-order valence-corrected chi connectivity index (χ3v) is 9.12. The Balaban J connectivity index is 0.985. The maximum Gasteiger partial charge on any atom is 0.220 e. The zero-order chi connectivity index (χ0) is 25.8. The Hall–Kier alpha value is -1.90. The van der Waals surface area contributed by atoms with Crippen molar-refractivity contribution in [3.05, 3.63) is 23.0 Å². The van der Waals surface area contributed by atoms with Crippen LogP contribution in [0.5, 0.6) is 0 Å². The van der Waals surface area contributed by atoms with E-state index in [0.717, 1.165) is 88.4 Å². The molecule has 0 unspecified atom stereocenters. The van der Waals surface area contributed by atoms with Crippen molar-refractivity contribution in [2.75, 3.05) is 44.7 Å². The minimum Gasteiger partial charge on any atom is -0.381 e. The standard InChI is InChI=1S/C28H40ClFN4O3/c1-36-22-8-4-20(5-9-22)16-27(35)31-21-6-2-19(3-7-21)10-11-33-12-14-34(15-13-33)28-23-17-24(29)25(30)18-26(23)37-32-28/h17-22H,2-16H2,1H3,(H,31,35)/t19-,20-,21-,22-. The van der Waals surface area contributed by atoms with Gasteiger partial charge >= 0.3 is 0 Å². The fraction of sp³-hybridized carbons (Fsp3) is 0.714. The van der Waals surface area contributed by atoms with Gasteiger partial charge in [-0.15, -0.1) is 0 Å². The molecule has 1 N–H and O–H groups in total. The molecule has 5 rings (SSSR count). The lowest BCUT2D eigenvalue weighted by Gasteiger charge is -2.36. The Bertz CT molecular complexity index is 1040. The lowest BCUT2D eigenvalue weighted by atomic mass is 9.83. The molecule has 1 aliphatic heterocycles. The van der Waals surface area contributed by atoms with Crippen LogP contribution in [0, 0.1) is 17.7 Å². The van der Waals surface area contributed by atoms with Crippen molar-refractivity contribution in [1.82, 2.24) is 15.4 Å². The number of nitrogens with zero attached hydrogens (tertiary/aromatic N) is 3. The van der Waals surface area contributed by atoms with Crippen molar-refractivity contribution in [2.45, 2.75) is 76.4 Å². The average Bonchev–Trinajstić information content (AvgIpc) is 3.31. The monoisotopic (exact) mass is 534 g/mol. The van der Waals surface area contributed by atoms with E-state index in [4.69, 9.17) is 20.9 Å². The van der Waals surface area contributed by atoms with Crippen LogP contribution in [0.1, 0.15) is 64.2 Å². The van der Waals surface area contributed by atoms with Gasteiger partial charge in [-0.05, 0) is 82.2 Å². The van der Waals surface area contributed by atoms with E-state index in [1.165, 1.54) is 25.3 Å². The van der Waals surface area contributed by atoms with Crippen LogP contribution < -0.4 is 10.2 Å². The summed E-state index contributed by atoms with van der Waals surface area (Å²) < 4.78 is 24.5. The molecule has 9 heteroatoms. The van der Waals surface area contributed by atoms with Gasteiger partial charge in [0.25, 0.3) is 0 Å². The molecule has 1 aromatic heterocycles. The zero-order valence-corrected chi connectivity index (χ0v) is 22.6. The average molecular weight is 535 g/mol. The molecule has 2 aromatic rings. The van der Waals surface area contributed by atoms with Gasteiger partial charge in [-0.2, -0.15) is 0 Å². The molecule has 37 heavy (non-hydrogen) atoms. The van der Waals surface area contributed by atoms with Crippen molar-refractivity contribution in [3.63, 3.8) is 0 Å². The van der Waals surface area contributed by atoms with E-state index in [2.05, 4.69) is 20.3 Å². The number of ether oxygens (including phenoxy) is 1. The number of carbonyl (C=O) groups excluding carboxylic acids is 1. The fourth-order valence-electron chi connectivity index (χ4n) is 6.41. The lowest BCUT2D eigenvalue weighted by Crippen LogP contribution is -2.47. The Kier molecular flexibility index (Phi) is 8.88. The van der Waals surface area contributed by atoms with Gasteiger partial charge < -0.3 is 19.5 Å². The number of carbonyl (C=O) groups is 1. The number of fused-ring (bicyclic) bond motifs is 1. The van der Waals surface area contributed by atoms with Crippen molar-refractivity contribution in [3.8, 4) is 0 Å². The van der Waals surface area contributed by atoms with E-state index in [1.807, 2.05) is 0 Å². The Morgan fingerprint density at radius 3 is 2.49 bits per heavy atom. The van der Waals surface area contributed by atoms with Gasteiger partial charge in [0.2, 0.25) is 5.91 Å². The number of halogens is 2. The SMILES string of the molecule is CO[C@H]1CC[C@H](CC(=O)N[C@H]2CC[C@H](CCN3CCN(c4noc5cc(F)c(Cl)cc45)CC3)CC2)CC1. The van der Waals surface area contributed by atoms with Gasteiger partial charge in [0.15, 0.2) is 11.4 Å². The molecule has 0 spiro atoms. The third-order valence-electron chi connectivity index (χ3n) is 8.83. The van der Waals surface area contributed by atoms with Crippen molar-refractivity contribution < 1.29 is 18.4 Å². The Labute approximate surface area is 224 Å². The molecule has 2 saturated carbocycles. The van der Waals surface area contributed by atoms with Gasteiger partial charge in [0.05, 0.1) is 16.5 Å². The summed E-state index contributed by atoms with van der Waals surface area (Å²) in [7, 11) is 1.79. The summed E-state index contributed by atoms with van der Waals surface area (Å²) in [5.74, 6) is 1.77. The molecule has 7 nitrogen and oxygen atoms in total. The minimum absolute atomic E-state index is 0.0923. The summed E-state index contributed by atoms with van der Waals surface area (Å²) in [6, 6.07) is 3.26. The summed E-state index contributed by atoms with van der Waals surface area (Å²) in [5.41, 5.74) is 0.431. The highest BCUT2D eigenvalue weighted by Crippen LogP contribution is 2.32. The number of aromatic nitrogens is 1. The molecule has 3 fully saturated rings. The van der Waals surface area contributed by atoms with Crippen molar-refractivity contribution >= 4 is 34.3 Å². The van der Waals surface area contributed by atoms with Crippen LogP contribution >= 0.6 is 11.6 Å². The number of rotatable bonds is 8. The predicted molar refractivity (Wildman–Crippen MR) is 144 cm³/mol. The third kappa shape index (κ3) is 6.76. The second kappa shape index (κ2) is 12.3. The maximum absolute atomic E-state index is 13.7. The molecule has 3 aliphatic rings. The molecule has 0 atom stereocenters. The molecule has 1 amide bonds. The molecular formula is C28H40ClFN4O3. The van der Waals surface area contributed by atoms with Gasteiger partial charge in [0.1, 0.15) is 5.82 Å². The van der Waals surface area contributed by atoms with E-state index in [-0.39, 0.29) is 10.9 Å². The molecule has 2 aliphatic carbocycles. The Morgan fingerprint density at radius 1 is 1.08 bits per heavy atom. The molecule has 2 heterocycles. The van der Waals surface area contributed by atoms with Crippen molar-refractivity contribution in [2.24, 2.45) is 11.8 Å². The Morgan fingerprint density at radius 2 is 1.78 bits per heavy atom. The smallest absolute Gasteiger partial charge is 0.220 e. The van der Waals surface area contributed by atoms with Crippen LogP contribution in [0.3, 0.4) is 0 Å². The molecule has 204 valence electrons. The van der Waals surface area contributed by atoms with Crippen molar-refractivity contribution in [1.29, 1.82) is 0 Å². The number of nitrogens with one attached hydrogen (secondary N) is 1. The molecule has 1 saturated heterocycles. The molecule has 1 aromatic carbocycles. The first kappa shape index (κ1) is 26.7. The first-order valence-corrected chi connectivity index (χ1v) is 14.4. The number of amides is 1. The summed E-state index contributed by atoms with van der Waals surface area (Å²) >= 11 is 5.98. The van der Waals surface area contributed by atoms with Gasteiger partial charge in [-0.25, -0.2) is 4.39 Å². The van der Waals surface area contributed by atoms with Gasteiger partial charge in [-0.1, -0.05) is 16.8 Å². The van der Waals surface area contributed by atoms with Crippen LogP contribution in [-0.4, -0.2) is 67.9 Å². The highest BCUT2D eigenvalue weighted by molar-refractivity contribution is 6.31.